The summed E-state index contributed by atoms with van der Waals surface area (Å²) < 4.78 is 128. The van der Waals surface area contributed by atoms with Crippen LogP contribution in [0.15, 0.2) is 0 Å². The van der Waals surface area contributed by atoms with Crippen LogP contribution in [0.3, 0.4) is 0 Å². The monoisotopic (exact) mass is 410 g/mol. The van der Waals surface area contributed by atoms with Crippen LogP contribution in [0.1, 0.15) is 27.2 Å². The molecule has 0 saturated heterocycles. The number of alkyl halides is 6. The highest BCUT2D eigenvalue weighted by Gasteiger charge is 2.48. The second-order valence-electron chi connectivity index (χ2n) is 4.76. The molecular weight excluding hydrogens is 394 g/mol. The van der Waals surface area contributed by atoms with Crippen molar-refractivity contribution in [3.63, 3.8) is 0 Å². The van der Waals surface area contributed by atoms with Crippen molar-refractivity contribution in [1.29, 1.82) is 0 Å². The van der Waals surface area contributed by atoms with E-state index in [4.69, 9.17) is 0 Å². The van der Waals surface area contributed by atoms with Crippen molar-refractivity contribution in [2.75, 3.05) is 6.61 Å². The number of hydrogen-bond acceptors (Lipinski definition) is 6. The molecule has 6 nitrogen and oxygen atoms in total. The highest BCUT2D eigenvalue weighted by molar-refractivity contribution is 7.87. The molecule has 24 heavy (non-hydrogen) atoms. The summed E-state index contributed by atoms with van der Waals surface area (Å²) in [6.45, 7) is 0.662. The summed E-state index contributed by atoms with van der Waals surface area (Å²) in [4.78, 5) is 0. The second kappa shape index (κ2) is 7.74. The fourth-order valence-corrected chi connectivity index (χ4v) is 3.02. The van der Waals surface area contributed by atoms with Crippen molar-refractivity contribution in [2.45, 2.75) is 56.1 Å². The van der Waals surface area contributed by atoms with Crippen LogP contribution in [0.5, 0.6) is 0 Å². The van der Waals surface area contributed by atoms with Gasteiger partial charge in [-0.3, -0.25) is 8.37 Å². The third kappa shape index (κ3) is 6.72. The Balaban J connectivity index is 5.04. The standard InChI is InChI=1S/C10H16F6O6S2/c1-4-8(22-24(19,20)7(3)10(14,15)16)5-21-23(17,18)6(2)9(11,12)13/h6-8H,4-5H2,1-3H3. The quantitative estimate of drug-likeness (QED) is 0.451. The zero-order chi connectivity index (χ0) is 19.6. The van der Waals surface area contributed by atoms with E-state index in [1.807, 2.05) is 0 Å². The molecule has 0 aliphatic heterocycles. The lowest BCUT2D eigenvalue weighted by Gasteiger charge is -2.22. The molecule has 0 N–H and O–H groups in total. The summed E-state index contributed by atoms with van der Waals surface area (Å²) >= 11 is 0. The predicted octanol–water partition coefficient (Wildman–Crippen LogP) is 2.36. The van der Waals surface area contributed by atoms with Crippen LogP contribution in [0.25, 0.3) is 0 Å². The van der Waals surface area contributed by atoms with Gasteiger partial charge in [0.2, 0.25) is 0 Å². The van der Waals surface area contributed by atoms with Gasteiger partial charge in [-0.05, 0) is 20.3 Å². The van der Waals surface area contributed by atoms with Crippen LogP contribution in [-0.4, -0.2) is 52.4 Å². The van der Waals surface area contributed by atoms with Crippen LogP contribution in [-0.2, 0) is 28.6 Å². The van der Waals surface area contributed by atoms with E-state index in [9.17, 15) is 43.2 Å². The molecule has 0 saturated carbocycles. The van der Waals surface area contributed by atoms with E-state index in [1.54, 1.807) is 0 Å². The fourth-order valence-electron chi connectivity index (χ4n) is 1.09. The van der Waals surface area contributed by atoms with Gasteiger partial charge in [0, 0.05) is 0 Å². The summed E-state index contributed by atoms with van der Waals surface area (Å²) in [5.41, 5.74) is 0. The van der Waals surface area contributed by atoms with E-state index in [2.05, 4.69) is 8.37 Å². The topological polar surface area (TPSA) is 86.7 Å². The van der Waals surface area contributed by atoms with Crippen molar-refractivity contribution < 1.29 is 51.5 Å². The molecule has 3 unspecified atom stereocenters. The molecule has 3 atom stereocenters. The third-order valence-electron chi connectivity index (χ3n) is 2.93. The molecule has 146 valence electrons. The first kappa shape index (κ1) is 23.4. The average molecular weight is 410 g/mol. The molecular formula is C10H16F6O6S2. The maximum absolute atomic E-state index is 12.4. The van der Waals surface area contributed by atoms with Gasteiger partial charge >= 0.3 is 12.4 Å². The summed E-state index contributed by atoms with van der Waals surface area (Å²) in [5, 5.41) is -5.79. The van der Waals surface area contributed by atoms with E-state index in [0.29, 0.717) is 13.8 Å². The Bertz CT molecular complexity index is 609. The van der Waals surface area contributed by atoms with E-state index in [-0.39, 0.29) is 6.42 Å². The Morgan fingerprint density at radius 1 is 0.833 bits per heavy atom. The van der Waals surface area contributed by atoms with Crippen LogP contribution in [0.4, 0.5) is 26.3 Å². The minimum Gasteiger partial charge on any atom is -0.267 e. The van der Waals surface area contributed by atoms with E-state index in [1.165, 1.54) is 6.92 Å². The Hall–Kier alpha value is -0.600. The highest BCUT2D eigenvalue weighted by atomic mass is 32.2. The van der Waals surface area contributed by atoms with Crippen LogP contribution >= 0.6 is 0 Å². The summed E-state index contributed by atoms with van der Waals surface area (Å²) in [7, 11) is -10.3. The number of rotatable bonds is 8. The number of hydrogen-bond donors (Lipinski definition) is 0. The van der Waals surface area contributed by atoms with Gasteiger partial charge in [-0.25, -0.2) is 0 Å². The Morgan fingerprint density at radius 2 is 1.21 bits per heavy atom. The van der Waals surface area contributed by atoms with Gasteiger partial charge in [0.05, 0.1) is 6.61 Å². The fraction of sp³-hybridized carbons (Fsp3) is 1.00. The maximum atomic E-state index is 12.4. The van der Waals surface area contributed by atoms with Gasteiger partial charge in [-0.2, -0.15) is 43.2 Å². The first-order valence-electron chi connectivity index (χ1n) is 6.39. The Labute approximate surface area is 135 Å². The summed E-state index contributed by atoms with van der Waals surface area (Å²) in [6.07, 6.45) is -12.3. The van der Waals surface area contributed by atoms with Gasteiger partial charge < -0.3 is 0 Å². The first-order chi connectivity index (χ1) is 10.4. The normalized spacial score (nSPS) is 18.2. The van der Waals surface area contributed by atoms with E-state index in [0.717, 1.165) is 0 Å². The molecule has 0 aliphatic carbocycles. The third-order valence-corrected chi connectivity index (χ3v) is 6.20. The molecule has 0 spiro atoms. The lowest BCUT2D eigenvalue weighted by atomic mass is 10.3. The van der Waals surface area contributed by atoms with Crippen molar-refractivity contribution >= 4 is 20.2 Å². The van der Waals surface area contributed by atoms with Crippen molar-refractivity contribution in [3.05, 3.63) is 0 Å². The molecule has 0 radical (unpaired) electrons. The minimum absolute atomic E-state index is 0.305. The summed E-state index contributed by atoms with van der Waals surface area (Å²) in [6, 6.07) is 0. The minimum atomic E-state index is -5.17. The maximum Gasteiger partial charge on any atom is 0.407 e. The van der Waals surface area contributed by atoms with E-state index < -0.39 is 55.8 Å². The summed E-state index contributed by atoms with van der Waals surface area (Å²) in [5.74, 6) is 0. The predicted molar refractivity (Wildman–Crippen MR) is 70.0 cm³/mol. The molecule has 0 aromatic carbocycles. The molecule has 0 rings (SSSR count). The van der Waals surface area contributed by atoms with E-state index >= 15 is 0 Å². The van der Waals surface area contributed by atoms with Crippen LogP contribution in [0, 0.1) is 0 Å². The average Bonchev–Trinajstić information content (AvgIpc) is 2.39. The van der Waals surface area contributed by atoms with Gasteiger partial charge in [0.25, 0.3) is 20.2 Å². The SMILES string of the molecule is CCC(COS(=O)(=O)C(C)C(F)(F)F)OS(=O)(=O)C(C)C(F)(F)F. The Kier molecular flexibility index (Phi) is 7.55. The lowest BCUT2D eigenvalue weighted by molar-refractivity contribution is -0.130. The molecule has 14 heteroatoms. The molecule has 0 fully saturated rings. The van der Waals surface area contributed by atoms with Gasteiger partial charge in [-0.15, -0.1) is 0 Å². The largest absolute Gasteiger partial charge is 0.407 e. The first-order valence-corrected chi connectivity index (χ1v) is 9.33. The van der Waals surface area contributed by atoms with Gasteiger partial charge in [0.1, 0.15) is 6.10 Å². The smallest absolute Gasteiger partial charge is 0.267 e. The second-order valence-corrected chi connectivity index (χ2v) is 8.58. The molecule has 0 aromatic rings. The zero-order valence-corrected chi connectivity index (χ0v) is 14.3. The highest BCUT2D eigenvalue weighted by Crippen LogP contribution is 2.29. The Morgan fingerprint density at radius 3 is 1.54 bits per heavy atom. The molecule has 0 aliphatic rings. The molecule has 0 aromatic heterocycles. The van der Waals surface area contributed by atoms with Crippen LogP contribution in [0.2, 0.25) is 0 Å². The van der Waals surface area contributed by atoms with Crippen molar-refractivity contribution in [3.8, 4) is 0 Å². The molecule has 0 amide bonds. The van der Waals surface area contributed by atoms with Crippen molar-refractivity contribution in [1.82, 2.24) is 0 Å². The zero-order valence-electron chi connectivity index (χ0n) is 12.7. The number of halogens is 6. The lowest BCUT2D eigenvalue weighted by Crippen LogP contribution is -2.39. The van der Waals surface area contributed by atoms with Crippen LogP contribution < -0.4 is 0 Å². The van der Waals surface area contributed by atoms with Gasteiger partial charge in [-0.1, -0.05) is 6.92 Å². The molecule has 0 heterocycles. The van der Waals surface area contributed by atoms with Gasteiger partial charge in [0.15, 0.2) is 10.5 Å². The van der Waals surface area contributed by atoms with Crippen molar-refractivity contribution in [2.24, 2.45) is 0 Å². The molecule has 0 bridgehead atoms.